The highest BCUT2D eigenvalue weighted by Crippen LogP contribution is 2.32. The first kappa shape index (κ1) is 16.6. The molecule has 0 N–H and O–H groups in total. The monoisotopic (exact) mass is 328 g/mol. The molecule has 0 bridgehead atoms. The van der Waals surface area contributed by atoms with E-state index >= 15 is 0 Å². The molecule has 0 aromatic carbocycles. The SMILES string of the molecule is Cc1cc(=O)n([C@@H](CC2CCCC2)C(=O)Cc2ccn(C)n2)cn1. The molecule has 0 amide bonds. The van der Waals surface area contributed by atoms with Crippen molar-refractivity contribution in [3.63, 3.8) is 0 Å². The number of carbonyl (C=O) groups is 1. The van der Waals surface area contributed by atoms with Crippen molar-refractivity contribution >= 4 is 5.78 Å². The minimum absolute atomic E-state index is 0.0355. The molecule has 0 saturated heterocycles. The summed E-state index contributed by atoms with van der Waals surface area (Å²) < 4.78 is 3.20. The molecule has 0 aliphatic heterocycles. The van der Waals surface area contributed by atoms with Gasteiger partial charge >= 0.3 is 0 Å². The first-order valence-electron chi connectivity index (χ1n) is 8.59. The summed E-state index contributed by atoms with van der Waals surface area (Å²) in [4.78, 5) is 29.5. The highest BCUT2D eigenvalue weighted by Gasteiger charge is 2.27. The molecular weight excluding hydrogens is 304 g/mol. The molecule has 1 atom stereocenters. The number of ketones is 1. The summed E-state index contributed by atoms with van der Waals surface area (Å²) in [6.07, 6.45) is 9.03. The molecule has 0 radical (unpaired) electrons. The topological polar surface area (TPSA) is 69.8 Å². The highest BCUT2D eigenvalue weighted by atomic mass is 16.1. The Labute approximate surface area is 141 Å². The lowest BCUT2D eigenvalue weighted by Gasteiger charge is -2.21. The van der Waals surface area contributed by atoms with E-state index in [4.69, 9.17) is 0 Å². The molecule has 3 rings (SSSR count). The largest absolute Gasteiger partial charge is 0.297 e. The number of hydrogen-bond acceptors (Lipinski definition) is 4. The van der Waals surface area contributed by atoms with Crippen LogP contribution in [0, 0.1) is 12.8 Å². The van der Waals surface area contributed by atoms with E-state index in [1.54, 1.807) is 11.6 Å². The van der Waals surface area contributed by atoms with Crippen LogP contribution in [-0.4, -0.2) is 25.1 Å². The zero-order valence-electron chi connectivity index (χ0n) is 14.3. The van der Waals surface area contributed by atoms with Gasteiger partial charge in [0.05, 0.1) is 24.5 Å². The van der Waals surface area contributed by atoms with Gasteiger partial charge in [-0.3, -0.25) is 18.8 Å². The van der Waals surface area contributed by atoms with E-state index in [9.17, 15) is 9.59 Å². The minimum Gasteiger partial charge on any atom is -0.297 e. The van der Waals surface area contributed by atoms with Crippen molar-refractivity contribution < 1.29 is 4.79 Å². The third-order valence-corrected chi connectivity index (χ3v) is 4.84. The molecule has 0 unspecified atom stereocenters. The van der Waals surface area contributed by atoms with Crippen LogP contribution in [0.4, 0.5) is 0 Å². The quantitative estimate of drug-likeness (QED) is 0.815. The lowest BCUT2D eigenvalue weighted by molar-refractivity contribution is -0.122. The van der Waals surface area contributed by atoms with Gasteiger partial charge in [0.1, 0.15) is 0 Å². The minimum atomic E-state index is -0.448. The predicted molar refractivity (Wildman–Crippen MR) is 90.8 cm³/mol. The molecule has 24 heavy (non-hydrogen) atoms. The highest BCUT2D eigenvalue weighted by molar-refractivity contribution is 5.84. The van der Waals surface area contributed by atoms with Crippen LogP contribution < -0.4 is 5.56 Å². The number of rotatable bonds is 6. The van der Waals surface area contributed by atoms with Crippen LogP contribution in [-0.2, 0) is 18.3 Å². The standard InChI is InChI=1S/C18H24N4O2/c1-13-9-18(24)22(12-19-13)16(10-14-5-3-4-6-14)17(23)11-15-7-8-21(2)20-15/h7-9,12,14,16H,3-6,10-11H2,1-2H3/t16-/m0/s1. The Morgan fingerprint density at radius 3 is 2.75 bits per heavy atom. The Bertz CT molecular complexity index is 771. The third-order valence-electron chi connectivity index (χ3n) is 4.84. The second-order valence-corrected chi connectivity index (χ2v) is 6.80. The van der Waals surface area contributed by atoms with Crippen LogP contribution in [0.15, 0.2) is 29.5 Å². The lowest BCUT2D eigenvalue weighted by Crippen LogP contribution is -2.32. The van der Waals surface area contributed by atoms with Crippen molar-refractivity contribution in [1.29, 1.82) is 0 Å². The molecule has 1 fully saturated rings. The summed E-state index contributed by atoms with van der Waals surface area (Å²) in [5, 5.41) is 4.29. The Morgan fingerprint density at radius 2 is 2.12 bits per heavy atom. The molecular formula is C18H24N4O2. The summed E-state index contributed by atoms with van der Waals surface area (Å²) in [5.74, 6) is 0.546. The fraction of sp³-hybridized carbons (Fsp3) is 0.556. The van der Waals surface area contributed by atoms with Gasteiger partial charge in [-0.2, -0.15) is 5.10 Å². The van der Waals surface area contributed by atoms with E-state index in [0.29, 0.717) is 11.6 Å². The molecule has 6 heteroatoms. The third kappa shape index (κ3) is 3.80. The van der Waals surface area contributed by atoms with Crippen LogP contribution in [0.25, 0.3) is 0 Å². The Balaban J connectivity index is 1.85. The number of Topliss-reactive ketones (excluding diaryl/α,β-unsaturated/α-hetero) is 1. The lowest BCUT2D eigenvalue weighted by atomic mass is 9.94. The van der Waals surface area contributed by atoms with E-state index in [1.807, 2.05) is 19.3 Å². The van der Waals surface area contributed by atoms with E-state index in [-0.39, 0.29) is 17.8 Å². The summed E-state index contributed by atoms with van der Waals surface area (Å²) in [5.41, 5.74) is 1.26. The summed E-state index contributed by atoms with van der Waals surface area (Å²) in [6, 6.07) is 2.90. The first-order valence-corrected chi connectivity index (χ1v) is 8.59. The number of hydrogen-bond donors (Lipinski definition) is 0. The fourth-order valence-corrected chi connectivity index (χ4v) is 3.55. The summed E-state index contributed by atoms with van der Waals surface area (Å²) in [6.45, 7) is 1.79. The average Bonchev–Trinajstić information content (AvgIpc) is 3.17. The zero-order chi connectivity index (χ0) is 17.1. The van der Waals surface area contributed by atoms with Gasteiger partial charge in [-0.25, -0.2) is 4.98 Å². The van der Waals surface area contributed by atoms with Gasteiger partial charge in [0.15, 0.2) is 5.78 Å². The molecule has 0 spiro atoms. The Kier molecular flexibility index (Phi) is 4.92. The molecule has 128 valence electrons. The second kappa shape index (κ2) is 7.11. The van der Waals surface area contributed by atoms with E-state index in [0.717, 1.165) is 25.0 Å². The molecule has 1 saturated carbocycles. The molecule has 2 aromatic heterocycles. The van der Waals surface area contributed by atoms with Crippen molar-refractivity contribution in [1.82, 2.24) is 19.3 Å². The van der Waals surface area contributed by atoms with E-state index in [1.165, 1.54) is 29.8 Å². The number of carbonyl (C=O) groups excluding carboxylic acids is 1. The van der Waals surface area contributed by atoms with Crippen molar-refractivity contribution in [2.45, 2.75) is 51.5 Å². The van der Waals surface area contributed by atoms with Crippen LogP contribution in [0.5, 0.6) is 0 Å². The molecule has 6 nitrogen and oxygen atoms in total. The maximum atomic E-state index is 12.9. The van der Waals surface area contributed by atoms with Crippen LogP contribution >= 0.6 is 0 Å². The predicted octanol–water partition coefficient (Wildman–Crippen LogP) is 2.22. The second-order valence-electron chi connectivity index (χ2n) is 6.80. The number of nitrogens with zero attached hydrogens (tertiary/aromatic N) is 4. The molecule has 2 aromatic rings. The van der Waals surface area contributed by atoms with Gasteiger partial charge < -0.3 is 0 Å². The molecule has 1 aliphatic rings. The molecule has 1 aliphatic carbocycles. The smallest absolute Gasteiger partial charge is 0.254 e. The number of aryl methyl sites for hydroxylation is 2. The Morgan fingerprint density at radius 1 is 1.38 bits per heavy atom. The Hall–Kier alpha value is -2.24. The van der Waals surface area contributed by atoms with Crippen molar-refractivity contribution in [2.75, 3.05) is 0 Å². The zero-order valence-corrected chi connectivity index (χ0v) is 14.3. The average molecular weight is 328 g/mol. The van der Waals surface area contributed by atoms with Gasteiger partial charge in [-0.1, -0.05) is 25.7 Å². The summed E-state index contributed by atoms with van der Waals surface area (Å²) >= 11 is 0. The van der Waals surface area contributed by atoms with Gasteiger partial charge in [0, 0.05) is 25.0 Å². The maximum Gasteiger partial charge on any atom is 0.254 e. The van der Waals surface area contributed by atoms with Crippen LogP contribution in [0.2, 0.25) is 0 Å². The summed E-state index contributed by atoms with van der Waals surface area (Å²) in [7, 11) is 1.83. The first-order chi connectivity index (χ1) is 11.5. The van der Waals surface area contributed by atoms with Crippen molar-refractivity contribution in [3.05, 3.63) is 46.4 Å². The van der Waals surface area contributed by atoms with Crippen molar-refractivity contribution in [3.8, 4) is 0 Å². The van der Waals surface area contributed by atoms with Crippen LogP contribution in [0.1, 0.15) is 49.5 Å². The normalized spacial score (nSPS) is 16.4. The van der Waals surface area contributed by atoms with Crippen LogP contribution in [0.3, 0.4) is 0 Å². The fourth-order valence-electron chi connectivity index (χ4n) is 3.55. The van der Waals surface area contributed by atoms with Gasteiger partial charge in [-0.05, 0) is 25.3 Å². The van der Waals surface area contributed by atoms with Crippen molar-refractivity contribution in [2.24, 2.45) is 13.0 Å². The molecule has 2 heterocycles. The van der Waals surface area contributed by atoms with Gasteiger partial charge in [-0.15, -0.1) is 0 Å². The van der Waals surface area contributed by atoms with E-state index < -0.39 is 6.04 Å². The number of aromatic nitrogens is 4. The van der Waals surface area contributed by atoms with Gasteiger partial charge in [0.25, 0.3) is 5.56 Å². The maximum absolute atomic E-state index is 12.9. The van der Waals surface area contributed by atoms with Gasteiger partial charge in [0.2, 0.25) is 0 Å². The van der Waals surface area contributed by atoms with E-state index in [2.05, 4.69) is 10.1 Å².